The lowest BCUT2D eigenvalue weighted by Gasteiger charge is -2.38. The molecule has 1 amide bonds. The average Bonchev–Trinajstić information content (AvgIpc) is 2.61. The van der Waals surface area contributed by atoms with Crippen molar-refractivity contribution in [3.8, 4) is 0 Å². The van der Waals surface area contributed by atoms with Gasteiger partial charge in [-0.05, 0) is 44.9 Å². The number of pyridine rings is 1. The predicted molar refractivity (Wildman–Crippen MR) is 94.3 cm³/mol. The van der Waals surface area contributed by atoms with Crippen LogP contribution in [0.3, 0.4) is 0 Å². The normalized spacial score (nSPS) is 23.4. The minimum atomic E-state index is -0.286. The standard InChI is InChI=1S/C18H28N4O2/c1-20-11-13-21(14-12-20)10-7-15-5-2-3-9-22(15)18(24)16-6-4-8-19-17(16)23/h4,6,8,15H,2-3,5,7,9-14H2,1H3,(H,19,23). The Bertz CT molecular complexity index is 607. The van der Waals surface area contributed by atoms with Crippen LogP contribution in [-0.4, -0.2) is 77.9 Å². The number of likely N-dealkylation sites (tertiary alicyclic amines) is 1. The number of carbonyl (C=O) groups excluding carboxylic acids is 1. The fraction of sp³-hybridized carbons (Fsp3) is 0.667. The van der Waals surface area contributed by atoms with Crippen molar-refractivity contribution in [2.45, 2.75) is 31.7 Å². The number of piperidine rings is 1. The Kier molecular flexibility index (Phi) is 5.68. The molecule has 0 saturated carbocycles. The van der Waals surface area contributed by atoms with Crippen molar-refractivity contribution in [2.75, 3.05) is 46.3 Å². The zero-order valence-corrected chi connectivity index (χ0v) is 14.5. The van der Waals surface area contributed by atoms with Crippen LogP contribution in [-0.2, 0) is 0 Å². The van der Waals surface area contributed by atoms with Gasteiger partial charge in [-0.25, -0.2) is 0 Å². The zero-order chi connectivity index (χ0) is 16.9. The van der Waals surface area contributed by atoms with E-state index in [1.807, 2.05) is 4.90 Å². The van der Waals surface area contributed by atoms with Crippen LogP contribution in [0.5, 0.6) is 0 Å². The second-order valence-corrected chi connectivity index (χ2v) is 6.99. The van der Waals surface area contributed by atoms with Gasteiger partial charge < -0.3 is 19.7 Å². The predicted octanol–water partition coefficient (Wildman–Crippen LogP) is 1.01. The van der Waals surface area contributed by atoms with Crippen LogP contribution in [0.2, 0.25) is 0 Å². The molecule has 2 fully saturated rings. The molecule has 2 saturated heterocycles. The fourth-order valence-electron chi connectivity index (χ4n) is 3.72. The number of hydrogen-bond acceptors (Lipinski definition) is 4. The number of amides is 1. The molecule has 6 nitrogen and oxygen atoms in total. The average molecular weight is 332 g/mol. The van der Waals surface area contributed by atoms with Crippen LogP contribution < -0.4 is 5.56 Å². The summed E-state index contributed by atoms with van der Waals surface area (Å²) in [5.41, 5.74) is -0.0186. The molecule has 1 atom stereocenters. The molecule has 132 valence electrons. The summed E-state index contributed by atoms with van der Waals surface area (Å²) in [6.07, 6.45) is 5.81. The first-order valence-corrected chi connectivity index (χ1v) is 9.05. The highest BCUT2D eigenvalue weighted by Gasteiger charge is 2.29. The zero-order valence-electron chi connectivity index (χ0n) is 14.5. The van der Waals surface area contributed by atoms with Gasteiger partial charge in [0.15, 0.2) is 0 Å². The first-order chi connectivity index (χ1) is 11.6. The van der Waals surface area contributed by atoms with Gasteiger partial charge in [0.1, 0.15) is 5.56 Å². The van der Waals surface area contributed by atoms with Gasteiger partial charge >= 0.3 is 0 Å². The lowest BCUT2D eigenvalue weighted by atomic mass is 9.98. The third kappa shape index (κ3) is 4.05. The first kappa shape index (κ1) is 17.2. The summed E-state index contributed by atoms with van der Waals surface area (Å²) in [6, 6.07) is 3.61. The molecule has 0 radical (unpaired) electrons. The summed E-state index contributed by atoms with van der Waals surface area (Å²) < 4.78 is 0. The molecule has 3 heterocycles. The van der Waals surface area contributed by atoms with E-state index in [9.17, 15) is 9.59 Å². The summed E-state index contributed by atoms with van der Waals surface area (Å²) in [5.74, 6) is -0.111. The Hall–Kier alpha value is -1.66. The van der Waals surface area contributed by atoms with Gasteiger partial charge in [-0.3, -0.25) is 9.59 Å². The third-order valence-corrected chi connectivity index (χ3v) is 5.31. The number of aromatic amines is 1. The highest BCUT2D eigenvalue weighted by Crippen LogP contribution is 2.22. The van der Waals surface area contributed by atoms with E-state index >= 15 is 0 Å². The molecule has 0 aliphatic carbocycles. The lowest BCUT2D eigenvalue weighted by molar-refractivity contribution is 0.0568. The fourth-order valence-corrected chi connectivity index (χ4v) is 3.72. The maximum Gasteiger partial charge on any atom is 0.260 e. The Morgan fingerprint density at radius 3 is 2.75 bits per heavy atom. The molecule has 0 spiro atoms. The lowest BCUT2D eigenvalue weighted by Crippen LogP contribution is -2.49. The number of piperazine rings is 1. The third-order valence-electron chi connectivity index (χ3n) is 5.31. The summed E-state index contributed by atoms with van der Waals surface area (Å²) in [5, 5.41) is 0. The smallest absolute Gasteiger partial charge is 0.260 e. The van der Waals surface area contributed by atoms with Crippen LogP contribution in [0.25, 0.3) is 0 Å². The Balaban J connectivity index is 1.62. The van der Waals surface area contributed by atoms with Crippen molar-refractivity contribution in [1.82, 2.24) is 19.7 Å². The SMILES string of the molecule is CN1CCN(CCC2CCCCN2C(=O)c2ccc[nH]c2=O)CC1. The minimum absolute atomic E-state index is 0.111. The van der Waals surface area contributed by atoms with E-state index in [1.54, 1.807) is 18.3 Å². The molecule has 1 unspecified atom stereocenters. The van der Waals surface area contributed by atoms with Gasteiger partial charge in [-0.15, -0.1) is 0 Å². The van der Waals surface area contributed by atoms with Crippen LogP contribution in [0.15, 0.2) is 23.1 Å². The summed E-state index contributed by atoms with van der Waals surface area (Å²) >= 11 is 0. The molecular formula is C18H28N4O2. The van der Waals surface area contributed by atoms with E-state index in [1.165, 1.54) is 6.42 Å². The molecule has 1 N–H and O–H groups in total. The van der Waals surface area contributed by atoms with Gasteiger partial charge in [0.25, 0.3) is 11.5 Å². The monoisotopic (exact) mass is 332 g/mol. The van der Waals surface area contributed by atoms with Gasteiger partial charge in [0, 0.05) is 51.5 Å². The second-order valence-electron chi connectivity index (χ2n) is 6.99. The van der Waals surface area contributed by atoms with E-state index in [-0.39, 0.29) is 23.1 Å². The number of carbonyl (C=O) groups is 1. The van der Waals surface area contributed by atoms with E-state index in [0.29, 0.717) is 0 Å². The van der Waals surface area contributed by atoms with Crippen LogP contribution >= 0.6 is 0 Å². The van der Waals surface area contributed by atoms with Gasteiger partial charge in [0.05, 0.1) is 0 Å². The molecule has 0 bridgehead atoms. The number of H-pyrrole nitrogens is 1. The highest BCUT2D eigenvalue weighted by atomic mass is 16.2. The molecule has 3 rings (SSSR count). The molecular weight excluding hydrogens is 304 g/mol. The molecule has 6 heteroatoms. The quantitative estimate of drug-likeness (QED) is 0.894. The van der Waals surface area contributed by atoms with Gasteiger partial charge in [-0.1, -0.05) is 0 Å². The van der Waals surface area contributed by atoms with Crippen molar-refractivity contribution < 1.29 is 4.79 Å². The Labute approximate surface area is 143 Å². The maximum absolute atomic E-state index is 12.8. The number of hydrogen-bond donors (Lipinski definition) is 1. The highest BCUT2D eigenvalue weighted by molar-refractivity contribution is 5.94. The van der Waals surface area contributed by atoms with E-state index < -0.39 is 0 Å². The topological polar surface area (TPSA) is 59.6 Å². The van der Waals surface area contributed by atoms with Gasteiger partial charge in [-0.2, -0.15) is 0 Å². The van der Waals surface area contributed by atoms with Gasteiger partial charge in [0.2, 0.25) is 0 Å². The van der Waals surface area contributed by atoms with E-state index in [0.717, 1.165) is 58.5 Å². The van der Waals surface area contributed by atoms with Crippen LogP contribution in [0.4, 0.5) is 0 Å². The Morgan fingerprint density at radius 2 is 2.00 bits per heavy atom. The summed E-state index contributed by atoms with van der Waals surface area (Å²) in [7, 11) is 2.16. The molecule has 1 aromatic rings. The largest absolute Gasteiger partial charge is 0.335 e. The molecule has 1 aromatic heterocycles. The molecule has 2 aliphatic rings. The molecule has 0 aromatic carbocycles. The van der Waals surface area contributed by atoms with E-state index in [4.69, 9.17) is 0 Å². The molecule has 2 aliphatic heterocycles. The summed E-state index contributed by atoms with van der Waals surface area (Å²) in [6.45, 7) is 6.25. The Morgan fingerprint density at radius 1 is 1.21 bits per heavy atom. The first-order valence-electron chi connectivity index (χ1n) is 9.05. The van der Waals surface area contributed by atoms with Crippen LogP contribution in [0, 0.1) is 0 Å². The van der Waals surface area contributed by atoms with Crippen molar-refractivity contribution in [3.63, 3.8) is 0 Å². The van der Waals surface area contributed by atoms with Crippen molar-refractivity contribution >= 4 is 5.91 Å². The van der Waals surface area contributed by atoms with Crippen molar-refractivity contribution in [2.24, 2.45) is 0 Å². The van der Waals surface area contributed by atoms with Crippen molar-refractivity contribution in [3.05, 3.63) is 34.2 Å². The number of nitrogens with zero attached hydrogens (tertiary/aromatic N) is 3. The number of aromatic nitrogens is 1. The number of rotatable bonds is 4. The van der Waals surface area contributed by atoms with Crippen molar-refractivity contribution in [1.29, 1.82) is 0 Å². The van der Waals surface area contributed by atoms with E-state index in [2.05, 4.69) is 21.8 Å². The second kappa shape index (κ2) is 7.94. The maximum atomic E-state index is 12.8. The van der Waals surface area contributed by atoms with Crippen LogP contribution in [0.1, 0.15) is 36.0 Å². The number of likely N-dealkylation sites (N-methyl/N-ethyl adjacent to an activating group) is 1. The molecule has 24 heavy (non-hydrogen) atoms. The summed E-state index contributed by atoms with van der Waals surface area (Å²) in [4.78, 5) is 34.1. The minimum Gasteiger partial charge on any atom is -0.335 e. The number of nitrogens with one attached hydrogen (secondary N) is 1.